The summed E-state index contributed by atoms with van der Waals surface area (Å²) in [6.07, 6.45) is -0.0102. The quantitative estimate of drug-likeness (QED) is 0.630. The number of ether oxygens (including phenoxy) is 1. The molecule has 1 aromatic heterocycles. The minimum atomic E-state index is -1.73. The lowest BCUT2D eigenvalue weighted by Crippen LogP contribution is -2.29. The minimum absolute atomic E-state index is 0.126. The first-order chi connectivity index (χ1) is 8.04. The molecule has 0 amide bonds. The van der Waals surface area contributed by atoms with E-state index in [1.165, 1.54) is 13.3 Å². The fraction of sp³-hybridized carbons (Fsp3) is 0.100. The molecule has 6 nitrogen and oxygen atoms in total. The highest BCUT2D eigenvalue weighted by atomic mass is 16.5. The summed E-state index contributed by atoms with van der Waals surface area (Å²) in [5, 5.41) is 27.8. The van der Waals surface area contributed by atoms with Crippen LogP contribution < -0.4 is 10.2 Å². The van der Waals surface area contributed by atoms with E-state index in [1.54, 1.807) is 18.2 Å². The molecule has 0 saturated carbocycles. The Kier molecular flexibility index (Phi) is 2.78. The lowest BCUT2D eigenvalue weighted by molar-refractivity contribution is 0.197. The molecule has 17 heavy (non-hydrogen) atoms. The van der Waals surface area contributed by atoms with E-state index in [0.29, 0.717) is 16.7 Å². The van der Waals surface area contributed by atoms with Crippen molar-refractivity contribution in [3.05, 3.63) is 24.4 Å². The van der Waals surface area contributed by atoms with Crippen LogP contribution in [-0.4, -0.2) is 40.0 Å². The highest BCUT2D eigenvalue weighted by Crippen LogP contribution is 2.20. The van der Waals surface area contributed by atoms with E-state index in [1.807, 2.05) is 0 Å². The summed E-state index contributed by atoms with van der Waals surface area (Å²) in [6, 6.07) is 4.72. The summed E-state index contributed by atoms with van der Waals surface area (Å²) in [5.41, 5.74) is 0.503. The molecule has 2 rings (SSSR count). The molecule has 2 aromatic rings. The molecule has 0 spiro atoms. The van der Waals surface area contributed by atoms with Crippen LogP contribution in [0.4, 0.5) is 4.79 Å². The molecule has 0 atom stereocenters. The van der Waals surface area contributed by atoms with E-state index < -0.39 is 13.2 Å². The van der Waals surface area contributed by atoms with Gasteiger partial charge in [-0.2, -0.15) is 0 Å². The molecule has 1 heterocycles. The van der Waals surface area contributed by atoms with Gasteiger partial charge in [-0.25, -0.2) is 4.79 Å². The maximum Gasteiger partial charge on any atom is 0.490 e. The lowest BCUT2D eigenvalue weighted by atomic mass is 9.80. The molecule has 7 heteroatoms. The van der Waals surface area contributed by atoms with Crippen molar-refractivity contribution in [1.29, 1.82) is 0 Å². The van der Waals surface area contributed by atoms with Crippen LogP contribution in [0.1, 0.15) is 0 Å². The summed E-state index contributed by atoms with van der Waals surface area (Å²) in [6.45, 7) is 0. The van der Waals surface area contributed by atoms with E-state index in [0.717, 1.165) is 4.57 Å². The second-order valence-electron chi connectivity index (χ2n) is 3.49. The highest BCUT2D eigenvalue weighted by molar-refractivity contribution is 6.62. The third-order valence-electron chi connectivity index (χ3n) is 2.53. The normalized spacial score (nSPS) is 10.5. The third kappa shape index (κ3) is 1.86. The standard InChI is InChI=1S/C10H10BNO5/c1-17-6-2-3-9-7(4-6)8(11(15)16)5-12(9)10(13)14/h2-5,15-16H,1H3,(H,13,14). The predicted octanol–water partition coefficient (Wildman–Crippen LogP) is -0.144. The van der Waals surface area contributed by atoms with Gasteiger partial charge in [-0.1, -0.05) is 0 Å². The van der Waals surface area contributed by atoms with Gasteiger partial charge in [0.25, 0.3) is 0 Å². The van der Waals surface area contributed by atoms with E-state index in [-0.39, 0.29) is 5.46 Å². The van der Waals surface area contributed by atoms with Gasteiger partial charge in [-0.05, 0) is 18.2 Å². The van der Waals surface area contributed by atoms with Gasteiger partial charge in [-0.15, -0.1) is 0 Å². The monoisotopic (exact) mass is 235 g/mol. The number of hydrogen-bond acceptors (Lipinski definition) is 4. The number of benzene rings is 1. The molecular weight excluding hydrogens is 225 g/mol. The number of methoxy groups -OCH3 is 1. The zero-order valence-corrected chi connectivity index (χ0v) is 8.99. The summed E-state index contributed by atoms with van der Waals surface area (Å²) < 4.78 is 5.94. The molecule has 0 unspecified atom stereocenters. The van der Waals surface area contributed by atoms with Gasteiger partial charge in [0.05, 0.1) is 12.6 Å². The van der Waals surface area contributed by atoms with Crippen LogP contribution in [0.3, 0.4) is 0 Å². The van der Waals surface area contributed by atoms with Crippen molar-refractivity contribution in [2.75, 3.05) is 7.11 Å². The molecule has 1 aromatic carbocycles. The Balaban J connectivity index is 2.76. The topological polar surface area (TPSA) is 91.9 Å². The fourth-order valence-corrected chi connectivity index (χ4v) is 1.73. The van der Waals surface area contributed by atoms with Crippen LogP contribution in [0.15, 0.2) is 24.4 Å². The van der Waals surface area contributed by atoms with E-state index in [2.05, 4.69) is 0 Å². The van der Waals surface area contributed by atoms with Crippen molar-refractivity contribution in [3.63, 3.8) is 0 Å². The molecule has 0 fully saturated rings. The third-order valence-corrected chi connectivity index (χ3v) is 2.53. The van der Waals surface area contributed by atoms with E-state index in [9.17, 15) is 14.8 Å². The van der Waals surface area contributed by atoms with Gasteiger partial charge in [0.2, 0.25) is 0 Å². The van der Waals surface area contributed by atoms with Gasteiger partial charge >= 0.3 is 13.2 Å². The van der Waals surface area contributed by atoms with Crippen LogP contribution in [-0.2, 0) is 0 Å². The molecule has 0 aliphatic heterocycles. The Labute approximate surface area is 96.8 Å². The van der Waals surface area contributed by atoms with E-state index in [4.69, 9.17) is 9.84 Å². The van der Waals surface area contributed by atoms with Gasteiger partial charge in [0, 0.05) is 17.0 Å². The molecular formula is C10H10BNO5. The van der Waals surface area contributed by atoms with Crippen LogP contribution in [0.2, 0.25) is 0 Å². The van der Waals surface area contributed by atoms with Gasteiger partial charge in [-0.3, -0.25) is 4.57 Å². The largest absolute Gasteiger partial charge is 0.497 e. The lowest BCUT2D eigenvalue weighted by Gasteiger charge is -2.01. The Hall–Kier alpha value is -1.99. The minimum Gasteiger partial charge on any atom is -0.497 e. The maximum absolute atomic E-state index is 11.0. The molecule has 0 radical (unpaired) electrons. The zero-order chi connectivity index (χ0) is 12.6. The summed E-state index contributed by atoms with van der Waals surface area (Å²) >= 11 is 0. The number of rotatable bonds is 2. The van der Waals surface area contributed by atoms with Gasteiger partial charge in [0.1, 0.15) is 5.75 Å². The first-order valence-electron chi connectivity index (χ1n) is 4.83. The second kappa shape index (κ2) is 4.12. The van der Waals surface area contributed by atoms with Crippen molar-refractivity contribution in [2.45, 2.75) is 0 Å². The highest BCUT2D eigenvalue weighted by Gasteiger charge is 2.21. The average Bonchev–Trinajstić information content (AvgIpc) is 2.67. The van der Waals surface area contributed by atoms with E-state index >= 15 is 0 Å². The molecule has 88 valence electrons. The fourth-order valence-electron chi connectivity index (χ4n) is 1.73. The van der Waals surface area contributed by atoms with Crippen molar-refractivity contribution in [2.24, 2.45) is 0 Å². The second-order valence-corrected chi connectivity index (χ2v) is 3.49. The molecule has 0 saturated heterocycles. The van der Waals surface area contributed by atoms with Crippen molar-refractivity contribution in [3.8, 4) is 5.75 Å². The number of aromatic nitrogens is 1. The molecule has 3 N–H and O–H groups in total. The Morgan fingerprint density at radius 1 is 1.41 bits per heavy atom. The molecule has 0 bridgehead atoms. The number of fused-ring (bicyclic) bond motifs is 1. The Morgan fingerprint density at radius 3 is 2.65 bits per heavy atom. The Morgan fingerprint density at radius 2 is 2.12 bits per heavy atom. The number of nitrogens with zero attached hydrogens (tertiary/aromatic N) is 1. The van der Waals surface area contributed by atoms with Crippen molar-refractivity contribution >= 4 is 29.6 Å². The van der Waals surface area contributed by atoms with Crippen LogP contribution in [0.5, 0.6) is 5.75 Å². The summed E-state index contributed by atoms with van der Waals surface area (Å²) in [7, 11) is -0.255. The summed E-state index contributed by atoms with van der Waals surface area (Å²) in [4.78, 5) is 11.0. The number of carboxylic acid groups (broad SMARTS) is 1. The molecule has 0 aliphatic carbocycles. The first kappa shape index (κ1) is 11.5. The average molecular weight is 235 g/mol. The smallest absolute Gasteiger partial charge is 0.490 e. The summed E-state index contributed by atoms with van der Waals surface area (Å²) in [5.74, 6) is 0.516. The molecule has 0 aliphatic rings. The number of carbonyl (C=O) groups is 1. The predicted molar refractivity (Wildman–Crippen MR) is 61.7 cm³/mol. The first-order valence-corrected chi connectivity index (χ1v) is 4.83. The Bertz CT molecular complexity index is 577. The SMILES string of the molecule is COc1ccc2c(c1)c(B(O)O)cn2C(=O)O. The van der Waals surface area contributed by atoms with Crippen molar-refractivity contribution < 1.29 is 24.7 Å². The maximum atomic E-state index is 11.0. The van der Waals surface area contributed by atoms with Gasteiger partial charge < -0.3 is 19.9 Å². The van der Waals surface area contributed by atoms with Crippen LogP contribution in [0.25, 0.3) is 10.9 Å². The van der Waals surface area contributed by atoms with Crippen LogP contribution >= 0.6 is 0 Å². The van der Waals surface area contributed by atoms with Crippen molar-refractivity contribution in [1.82, 2.24) is 4.57 Å². The van der Waals surface area contributed by atoms with Crippen LogP contribution in [0, 0.1) is 0 Å². The van der Waals surface area contributed by atoms with Gasteiger partial charge in [0.15, 0.2) is 0 Å². The zero-order valence-electron chi connectivity index (χ0n) is 8.99. The number of hydrogen-bond donors (Lipinski definition) is 3.